The molecule has 1 saturated heterocycles. The third-order valence-electron chi connectivity index (χ3n) is 6.48. The van der Waals surface area contributed by atoms with Crippen molar-refractivity contribution >= 4 is 22.5 Å². The van der Waals surface area contributed by atoms with Gasteiger partial charge in [0.1, 0.15) is 5.69 Å². The van der Waals surface area contributed by atoms with Crippen LogP contribution < -0.4 is 20.3 Å². The smallest absolute Gasteiger partial charge is 0.315 e. The normalized spacial score (nSPS) is 20.7. The second-order valence-electron chi connectivity index (χ2n) is 8.38. The van der Waals surface area contributed by atoms with Gasteiger partial charge in [-0.05, 0) is 30.5 Å². The zero-order chi connectivity index (χ0) is 22.6. The number of H-pyrrole nitrogens is 1. The highest BCUT2D eigenvalue weighted by atomic mass is 16.8. The lowest BCUT2D eigenvalue weighted by atomic mass is 9.83. The van der Waals surface area contributed by atoms with Crippen LogP contribution >= 0.6 is 0 Å². The minimum absolute atomic E-state index is 0.00781. The summed E-state index contributed by atoms with van der Waals surface area (Å²) in [4.78, 5) is 30.9. The van der Waals surface area contributed by atoms with Crippen molar-refractivity contribution in [2.45, 2.75) is 18.9 Å². The van der Waals surface area contributed by atoms with Crippen LogP contribution in [0.1, 0.15) is 28.5 Å². The lowest BCUT2D eigenvalue weighted by Gasteiger charge is -2.42. The predicted octanol–water partition coefficient (Wildman–Crippen LogP) is 1.01. The molecular weight excluding hydrogens is 416 g/mol. The average molecular weight is 440 g/mol. The van der Waals surface area contributed by atoms with E-state index in [1.807, 2.05) is 17.0 Å². The van der Waals surface area contributed by atoms with Crippen molar-refractivity contribution in [3.63, 3.8) is 0 Å². The van der Waals surface area contributed by atoms with Gasteiger partial charge < -0.3 is 29.1 Å². The zero-order valence-corrected chi connectivity index (χ0v) is 17.8. The van der Waals surface area contributed by atoms with Crippen molar-refractivity contribution in [2.24, 2.45) is 5.92 Å². The Labute approximate surface area is 183 Å². The number of piperidine rings is 1. The lowest BCUT2D eigenvalue weighted by Crippen LogP contribution is -3.00. The molecule has 2 aliphatic heterocycles. The van der Waals surface area contributed by atoms with Gasteiger partial charge in [0.05, 0.1) is 14.2 Å². The van der Waals surface area contributed by atoms with E-state index in [1.54, 1.807) is 30.9 Å². The molecule has 2 bridgehead atoms. The van der Waals surface area contributed by atoms with E-state index in [9.17, 15) is 20.0 Å². The van der Waals surface area contributed by atoms with Crippen LogP contribution in [0.3, 0.4) is 0 Å². The second kappa shape index (κ2) is 7.66. The maximum atomic E-state index is 13.3. The number of likely N-dealkylation sites (tertiary alicyclic amines) is 1. The Kier molecular flexibility index (Phi) is 4.92. The summed E-state index contributed by atoms with van der Waals surface area (Å²) in [6.07, 6.45) is 0.872. The molecule has 3 aromatic rings. The molecule has 1 fully saturated rings. The van der Waals surface area contributed by atoms with Crippen LogP contribution in [0.2, 0.25) is 0 Å². The molecular formula is C22H24N4O6. The number of nitrogens with one attached hydrogen (secondary N) is 2. The molecule has 0 saturated carbocycles. The third kappa shape index (κ3) is 3.24. The molecule has 0 radical (unpaired) electrons. The molecule has 32 heavy (non-hydrogen) atoms. The SMILES string of the molecule is COc1cc2cc(C(=O)N3C[C@H]4C[C@@H](C3)c3ccc([NH+]([O-])O)c(=O)n3C4)[nH]c2cc1OC. The number of methoxy groups -OCH3 is 2. The monoisotopic (exact) mass is 440 g/mol. The molecule has 10 heteroatoms. The molecule has 3 N–H and O–H groups in total. The number of fused-ring (bicyclic) bond motifs is 5. The number of carbonyl (C=O) groups is 1. The van der Waals surface area contributed by atoms with Crippen LogP contribution in [0.4, 0.5) is 5.69 Å². The summed E-state index contributed by atoms with van der Waals surface area (Å²) in [7, 11) is 3.13. The topological polar surface area (TPSA) is 124 Å². The number of nitrogens with zero attached hydrogens (tertiary/aromatic N) is 2. The molecule has 0 aliphatic carbocycles. The first-order chi connectivity index (χ1) is 15.4. The van der Waals surface area contributed by atoms with Gasteiger partial charge in [0.25, 0.3) is 5.91 Å². The Morgan fingerprint density at radius 1 is 1.16 bits per heavy atom. The maximum absolute atomic E-state index is 13.3. The Morgan fingerprint density at radius 3 is 2.62 bits per heavy atom. The van der Waals surface area contributed by atoms with Crippen LogP contribution in [-0.4, -0.2) is 52.9 Å². The van der Waals surface area contributed by atoms with Crippen molar-refractivity contribution < 1.29 is 24.7 Å². The van der Waals surface area contributed by atoms with Crippen molar-refractivity contribution in [3.8, 4) is 11.5 Å². The minimum Gasteiger partial charge on any atom is -0.595 e. The van der Waals surface area contributed by atoms with Gasteiger partial charge in [-0.2, -0.15) is 5.23 Å². The number of aromatic nitrogens is 2. The Bertz CT molecular complexity index is 1220. The van der Waals surface area contributed by atoms with Crippen molar-refractivity contribution in [2.75, 3.05) is 27.3 Å². The van der Waals surface area contributed by atoms with E-state index in [0.29, 0.717) is 36.8 Å². The number of amides is 1. The second-order valence-corrected chi connectivity index (χ2v) is 8.38. The van der Waals surface area contributed by atoms with Gasteiger partial charge >= 0.3 is 5.56 Å². The quantitative estimate of drug-likeness (QED) is 0.520. The molecule has 168 valence electrons. The summed E-state index contributed by atoms with van der Waals surface area (Å²) in [6, 6.07) is 8.52. The molecule has 0 spiro atoms. The average Bonchev–Trinajstić information content (AvgIpc) is 3.20. The maximum Gasteiger partial charge on any atom is 0.315 e. The summed E-state index contributed by atoms with van der Waals surface area (Å²) in [5.41, 5.74) is 1.36. The van der Waals surface area contributed by atoms with Crippen molar-refractivity contribution in [1.82, 2.24) is 14.5 Å². The van der Waals surface area contributed by atoms with Crippen LogP contribution in [0, 0.1) is 11.1 Å². The van der Waals surface area contributed by atoms with Crippen LogP contribution in [0.15, 0.2) is 35.1 Å². The van der Waals surface area contributed by atoms with Crippen LogP contribution in [-0.2, 0) is 6.54 Å². The number of rotatable bonds is 4. The number of hydrogen-bond acceptors (Lipinski definition) is 6. The van der Waals surface area contributed by atoms with Crippen molar-refractivity contribution in [3.05, 3.63) is 57.3 Å². The van der Waals surface area contributed by atoms with E-state index in [1.165, 1.54) is 6.07 Å². The first-order valence-corrected chi connectivity index (χ1v) is 10.4. The third-order valence-corrected chi connectivity index (χ3v) is 6.48. The molecule has 10 nitrogen and oxygen atoms in total. The van der Waals surface area contributed by atoms with Crippen LogP contribution in [0.5, 0.6) is 11.5 Å². The van der Waals surface area contributed by atoms with Crippen molar-refractivity contribution in [1.29, 1.82) is 0 Å². The van der Waals surface area contributed by atoms with Gasteiger partial charge in [0.2, 0.25) is 5.69 Å². The summed E-state index contributed by atoms with van der Waals surface area (Å²) < 4.78 is 12.3. The number of aromatic amines is 1. The Morgan fingerprint density at radius 2 is 1.91 bits per heavy atom. The van der Waals surface area contributed by atoms with Gasteiger partial charge in [0.15, 0.2) is 11.5 Å². The largest absolute Gasteiger partial charge is 0.595 e. The predicted molar refractivity (Wildman–Crippen MR) is 115 cm³/mol. The van der Waals surface area contributed by atoms with E-state index in [2.05, 4.69) is 4.98 Å². The summed E-state index contributed by atoms with van der Waals surface area (Å²) in [5, 5.41) is 20.2. The van der Waals surface area contributed by atoms with Gasteiger partial charge in [-0.15, -0.1) is 0 Å². The number of ether oxygens (including phenoxy) is 2. The molecule has 1 unspecified atom stereocenters. The standard InChI is InChI=1S/C22H24N4O6/c1-31-19-7-13-6-16(23-15(13)8-20(19)32-2)21(27)24-9-12-5-14(11-24)17-3-4-18(26(29)30)22(28)25(17)10-12/h3-4,6-8,12,14,23,26,29H,5,9-11H2,1-2H3/t12-,14+/m1/s1. The van der Waals surface area contributed by atoms with Crippen LogP contribution in [0.25, 0.3) is 10.9 Å². The number of benzene rings is 1. The summed E-state index contributed by atoms with van der Waals surface area (Å²) in [6.45, 7) is 1.40. The molecule has 2 aliphatic rings. The van der Waals surface area contributed by atoms with E-state index in [4.69, 9.17) is 9.47 Å². The molecule has 1 aromatic carbocycles. The number of hydrogen-bond donors (Lipinski definition) is 3. The van der Waals surface area contributed by atoms with E-state index in [-0.39, 0.29) is 23.4 Å². The number of carbonyl (C=O) groups excluding carboxylic acids is 1. The molecule has 1 amide bonds. The lowest BCUT2D eigenvalue weighted by molar-refractivity contribution is -0.992. The fourth-order valence-corrected chi connectivity index (χ4v) is 5.02. The van der Waals surface area contributed by atoms with Gasteiger partial charge in [-0.3, -0.25) is 9.59 Å². The molecule has 3 atom stereocenters. The van der Waals surface area contributed by atoms with Gasteiger partial charge in [-0.1, -0.05) is 0 Å². The molecule has 2 aromatic heterocycles. The Balaban J connectivity index is 1.44. The zero-order valence-electron chi connectivity index (χ0n) is 17.8. The van der Waals surface area contributed by atoms with E-state index >= 15 is 0 Å². The van der Waals surface area contributed by atoms with E-state index in [0.717, 1.165) is 23.0 Å². The van der Waals surface area contributed by atoms with Gasteiger partial charge in [-0.25, -0.2) is 5.21 Å². The highest BCUT2D eigenvalue weighted by molar-refractivity contribution is 5.98. The Hall–Kier alpha value is -3.34. The first-order valence-electron chi connectivity index (χ1n) is 10.4. The fourth-order valence-electron chi connectivity index (χ4n) is 5.02. The summed E-state index contributed by atoms with van der Waals surface area (Å²) in [5.74, 6) is 1.15. The molecule has 5 rings (SSSR count). The number of pyridine rings is 1. The molecule has 4 heterocycles. The van der Waals surface area contributed by atoms with Gasteiger partial charge in [0, 0.05) is 54.3 Å². The fraction of sp³-hybridized carbons (Fsp3) is 0.364. The highest BCUT2D eigenvalue weighted by Gasteiger charge is 2.37. The van der Waals surface area contributed by atoms with E-state index < -0.39 is 10.8 Å². The highest BCUT2D eigenvalue weighted by Crippen LogP contribution is 2.37. The minimum atomic E-state index is -1.22. The summed E-state index contributed by atoms with van der Waals surface area (Å²) >= 11 is 0. The number of quaternary nitrogens is 1. The first kappa shape index (κ1) is 20.6.